The molecule has 0 atom stereocenters. The summed E-state index contributed by atoms with van der Waals surface area (Å²) in [5, 5.41) is 24.0. The maximum Gasteiger partial charge on any atom is 0.346 e. The van der Waals surface area contributed by atoms with E-state index >= 15 is 0 Å². The Labute approximate surface area is 104 Å². The van der Waals surface area contributed by atoms with Crippen LogP contribution in [0.15, 0.2) is 11.4 Å². The van der Waals surface area contributed by atoms with Crippen LogP contribution < -0.4 is 5.32 Å². The molecular weight excluding hydrogens is 238 g/mol. The maximum absolute atomic E-state index is 10.9. The van der Waals surface area contributed by atoms with Gasteiger partial charge in [-0.15, -0.1) is 11.3 Å². The first-order valence-electron chi connectivity index (χ1n) is 5.83. The van der Waals surface area contributed by atoms with Crippen LogP contribution in [0.5, 0.6) is 0 Å². The number of nitrogens with one attached hydrogen (secondary N) is 1. The second-order valence-corrected chi connectivity index (χ2v) is 5.53. The Hall–Kier alpha value is -0.910. The predicted octanol–water partition coefficient (Wildman–Crippen LogP) is 1.84. The van der Waals surface area contributed by atoms with Crippen molar-refractivity contribution in [3.63, 3.8) is 0 Å². The molecule has 1 aliphatic rings. The van der Waals surface area contributed by atoms with E-state index < -0.39 is 11.6 Å². The summed E-state index contributed by atoms with van der Waals surface area (Å²) in [5.74, 6) is -0.878. The molecule has 17 heavy (non-hydrogen) atoms. The van der Waals surface area contributed by atoms with Gasteiger partial charge in [-0.2, -0.15) is 0 Å². The summed E-state index contributed by atoms with van der Waals surface area (Å²) in [6, 6.07) is 1.82. The fraction of sp³-hybridized carbons (Fsp3) is 0.583. The zero-order valence-corrected chi connectivity index (χ0v) is 10.4. The summed E-state index contributed by atoms with van der Waals surface area (Å²) in [6.45, 7) is 1.05. The van der Waals surface area contributed by atoms with Gasteiger partial charge in [-0.05, 0) is 29.9 Å². The molecule has 1 fully saturated rings. The molecule has 4 nitrogen and oxygen atoms in total. The average Bonchev–Trinajstić information content (AvgIpc) is 2.87. The number of thiophene rings is 1. The maximum atomic E-state index is 10.9. The van der Waals surface area contributed by atoms with Crippen LogP contribution >= 0.6 is 11.3 Å². The number of aliphatic hydroxyl groups is 1. The van der Waals surface area contributed by atoms with Gasteiger partial charge in [-0.3, -0.25) is 0 Å². The third-order valence-corrected chi connectivity index (χ3v) is 4.19. The molecule has 5 heteroatoms. The van der Waals surface area contributed by atoms with Gasteiger partial charge in [0.1, 0.15) is 4.88 Å². The minimum absolute atomic E-state index is 0.385. The van der Waals surface area contributed by atoms with Crippen LogP contribution in [-0.2, 0) is 6.54 Å². The van der Waals surface area contributed by atoms with Crippen molar-refractivity contribution in [3.05, 3.63) is 21.9 Å². The van der Waals surface area contributed by atoms with Gasteiger partial charge in [-0.1, -0.05) is 12.8 Å². The van der Waals surface area contributed by atoms with E-state index in [2.05, 4.69) is 5.32 Å². The van der Waals surface area contributed by atoms with Crippen molar-refractivity contribution in [3.8, 4) is 0 Å². The van der Waals surface area contributed by atoms with Gasteiger partial charge in [-0.25, -0.2) is 4.79 Å². The molecule has 1 saturated carbocycles. The van der Waals surface area contributed by atoms with Crippen LogP contribution in [0.1, 0.15) is 40.9 Å². The molecule has 0 radical (unpaired) electrons. The van der Waals surface area contributed by atoms with Crippen LogP contribution in [0, 0.1) is 0 Å². The average molecular weight is 255 g/mol. The van der Waals surface area contributed by atoms with Crippen LogP contribution in [-0.4, -0.2) is 28.3 Å². The summed E-state index contributed by atoms with van der Waals surface area (Å²) in [6.07, 6.45) is 3.85. The van der Waals surface area contributed by atoms with Crippen molar-refractivity contribution in [1.82, 2.24) is 5.32 Å². The van der Waals surface area contributed by atoms with Crippen LogP contribution in [0.3, 0.4) is 0 Å². The van der Waals surface area contributed by atoms with Gasteiger partial charge < -0.3 is 15.5 Å². The summed E-state index contributed by atoms with van der Waals surface area (Å²) >= 11 is 1.24. The van der Waals surface area contributed by atoms with Gasteiger partial charge in [0, 0.05) is 13.1 Å². The first-order valence-corrected chi connectivity index (χ1v) is 6.71. The molecule has 3 N–H and O–H groups in total. The third-order valence-electron chi connectivity index (χ3n) is 3.24. The van der Waals surface area contributed by atoms with Gasteiger partial charge in [0.15, 0.2) is 0 Å². The molecule has 1 heterocycles. The van der Waals surface area contributed by atoms with E-state index in [1.807, 2.05) is 6.07 Å². The van der Waals surface area contributed by atoms with E-state index in [4.69, 9.17) is 5.11 Å². The highest BCUT2D eigenvalue weighted by Gasteiger charge is 2.30. The molecule has 1 aromatic heterocycles. The fourth-order valence-electron chi connectivity index (χ4n) is 2.30. The topological polar surface area (TPSA) is 69.6 Å². The number of hydrogen-bond acceptors (Lipinski definition) is 4. The van der Waals surface area contributed by atoms with Gasteiger partial charge >= 0.3 is 5.97 Å². The smallest absolute Gasteiger partial charge is 0.346 e. The second-order valence-electron chi connectivity index (χ2n) is 4.62. The lowest BCUT2D eigenvalue weighted by Gasteiger charge is -2.22. The minimum Gasteiger partial charge on any atom is -0.477 e. The Morgan fingerprint density at radius 2 is 2.18 bits per heavy atom. The largest absolute Gasteiger partial charge is 0.477 e. The minimum atomic E-state index is -0.878. The van der Waals surface area contributed by atoms with Crippen molar-refractivity contribution < 1.29 is 15.0 Å². The lowest BCUT2D eigenvalue weighted by molar-refractivity contribution is 0.0475. The number of carboxylic acids is 1. The summed E-state index contributed by atoms with van der Waals surface area (Å²) in [5.41, 5.74) is 0.212. The molecule has 0 aromatic carbocycles. The molecule has 0 saturated heterocycles. The molecule has 0 aliphatic heterocycles. The standard InChI is InChI=1S/C12H17NO3S/c14-11(15)10-9(3-6-17-10)7-13-8-12(16)4-1-2-5-12/h3,6,13,16H,1-2,4-5,7-8H2,(H,14,15). The van der Waals surface area contributed by atoms with Crippen molar-refractivity contribution >= 4 is 17.3 Å². The Morgan fingerprint density at radius 3 is 2.82 bits per heavy atom. The summed E-state index contributed by atoms with van der Waals surface area (Å²) < 4.78 is 0. The SMILES string of the molecule is O=C(O)c1sccc1CNCC1(O)CCCC1. The lowest BCUT2D eigenvalue weighted by Crippen LogP contribution is -2.37. The van der Waals surface area contributed by atoms with Crippen LogP contribution in [0.2, 0.25) is 0 Å². The quantitative estimate of drug-likeness (QED) is 0.751. The van der Waals surface area contributed by atoms with E-state index in [0.29, 0.717) is 18.0 Å². The van der Waals surface area contributed by atoms with Crippen molar-refractivity contribution in [2.24, 2.45) is 0 Å². The van der Waals surface area contributed by atoms with Crippen LogP contribution in [0.4, 0.5) is 0 Å². The molecule has 1 aromatic rings. The fourth-order valence-corrected chi connectivity index (χ4v) is 3.06. The molecular formula is C12H17NO3S. The third kappa shape index (κ3) is 3.06. The summed E-state index contributed by atoms with van der Waals surface area (Å²) in [7, 11) is 0. The van der Waals surface area contributed by atoms with E-state index in [1.54, 1.807) is 5.38 Å². The molecule has 2 rings (SSSR count). The number of carbonyl (C=O) groups is 1. The number of carboxylic acid groups (broad SMARTS) is 1. The normalized spacial score (nSPS) is 18.4. The number of hydrogen-bond donors (Lipinski definition) is 3. The predicted molar refractivity (Wildman–Crippen MR) is 66.4 cm³/mol. The highest BCUT2D eigenvalue weighted by molar-refractivity contribution is 7.12. The Morgan fingerprint density at radius 1 is 1.47 bits per heavy atom. The van der Waals surface area contributed by atoms with Gasteiger partial charge in [0.05, 0.1) is 5.60 Å². The highest BCUT2D eigenvalue weighted by atomic mass is 32.1. The van der Waals surface area contributed by atoms with Crippen molar-refractivity contribution in [2.45, 2.75) is 37.8 Å². The van der Waals surface area contributed by atoms with E-state index in [0.717, 1.165) is 31.2 Å². The molecule has 0 spiro atoms. The Balaban J connectivity index is 1.85. The molecule has 94 valence electrons. The van der Waals surface area contributed by atoms with E-state index in [9.17, 15) is 9.90 Å². The van der Waals surface area contributed by atoms with Gasteiger partial charge in [0.25, 0.3) is 0 Å². The summed E-state index contributed by atoms with van der Waals surface area (Å²) in [4.78, 5) is 11.3. The molecule has 1 aliphatic carbocycles. The Bertz CT molecular complexity index is 396. The number of rotatable bonds is 5. The van der Waals surface area contributed by atoms with Crippen LogP contribution in [0.25, 0.3) is 0 Å². The van der Waals surface area contributed by atoms with Gasteiger partial charge in [0.2, 0.25) is 0 Å². The molecule has 0 unspecified atom stereocenters. The first kappa shape index (κ1) is 12.5. The zero-order valence-electron chi connectivity index (χ0n) is 9.61. The zero-order chi connectivity index (χ0) is 12.3. The highest BCUT2D eigenvalue weighted by Crippen LogP contribution is 2.28. The van der Waals surface area contributed by atoms with Crippen molar-refractivity contribution in [1.29, 1.82) is 0 Å². The Kier molecular flexibility index (Phi) is 3.81. The first-order chi connectivity index (χ1) is 8.11. The van der Waals surface area contributed by atoms with E-state index in [1.165, 1.54) is 11.3 Å². The number of aromatic carboxylic acids is 1. The lowest BCUT2D eigenvalue weighted by atomic mass is 10.0. The second kappa shape index (κ2) is 5.16. The monoisotopic (exact) mass is 255 g/mol. The molecule has 0 bridgehead atoms. The molecule has 0 amide bonds. The van der Waals surface area contributed by atoms with Crippen molar-refractivity contribution in [2.75, 3.05) is 6.54 Å². The van der Waals surface area contributed by atoms with E-state index in [-0.39, 0.29) is 0 Å².